The van der Waals surface area contributed by atoms with E-state index in [-0.39, 0.29) is 18.4 Å². The van der Waals surface area contributed by atoms with Gasteiger partial charge in [0.15, 0.2) is 0 Å². The Kier molecular flexibility index (Phi) is 6.62. The van der Waals surface area contributed by atoms with Crippen LogP contribution < -0.4 is 11.5 Å². The van der Waals surface area contributed by atoms with E-state index >= 15 is 0 Å². The average molecular weight is 377 g/mol. The highest BCUT2D eigenvalue weighted by molar-refractivity contribution is 6.30. The summed E-state index contributed by atoms with van der Waals surface area (Å²) in [5, 5.41) is 8.01. The third-order valence-corrected chi connectivity index (χ3v) is 3.12. The highest BCUT2D eigenvalue weighted by Crippen LogP contribution is 2.29. The second-order valence-electron chi connectivity index (χ2n) is 4.56. The van der Waals surface area contributed by atoms with Crippen molar-refractivity contribution in [1.82, 2.24) is 0 Å². The van der Waals surface area contributed by atoms with Crippen LogP contribution in [0.3, 0.4) is 0 Å². The molecule has 0 aliphatic carbocycles. The van der Waals surface area contributed by atoms with Crippen LogP contribution in [0.15, 0.2) is 58.7 Å². The molecule has 0 radical (unpaired) electrons. The van der Waals surface area contributed by atoms with E-state index in [0.29, 0.717) is 21.9 Å². The molecular weight excluding hydrogens is 364 g/mol. The first kappa shape index (κ1) is 19.8. The summed E-state index contributed by atoms with van der Waals surface area (Å²) in [4.78, 5) is 0. The molecule has 0 saturated carbocycles. The molecule has 0 atom stereocenters. The van der Waals surface area contributed by atoms with Gasteiger partial charge in [-0.05, 0) is 24.3 Å². The van der Waals surface area contributed by atoms with Gasteiger partial charge < -0.3 is 11.5 Å². The van der Waals surface area contributed by atoms with E-state index in [0.717, 1.165) is 12.1 Å². The Labute approximate surface area is 147 Å². The van der Waals surface area contributed by atoms with Crippen molar-refractivity contribution >= 4 is 35.7 Å². The van der Waals surface area contributed by atoms with Crippen LogP contribution >= 0.6 is 24.0 Å². The summed E-state index contributed by atoms with van der Waals surface area (Å²) >= 11 is 5.83. The molecule has 0 unspecified atom stereocenters. The zero-order valence-electron chi connectivity index (χ0n) is 12.1. The van der Waals surface area contributed by atoms with Crippen molar-refractivity contribution in [2.75, 3.05) is 0 Å². The van der Waals surface area contributed by atoms with Crippen LogP contribution in [-0.4, -0.2) is 11.7 Å². The monoisotopic (exact) mass is 376 g/mol. The van der Waals surface area contributed by atoms with Gasteiger partial charge in [0, 0.05) is 16.1 Å². The van der Waals surface area contributed by atoms with Gasteiger partial charge in [-0.15, -0.1) is 22.6 Å². The quantitative estimate of drug-likeness (QED) is 0.485. The minimum atomic E-state index is -4.41. The number of nitrogens with two attached hydrogens (primary N) is 2. The predicted molar refractivity (Wildman–Crippen MR) is 91.6 cm³/mol. The molecule has 4 N–H and O–H groups in total. The zero-order valence-corrected chi connectivity index (χ0v) is 13.7. The number of halogens is 5. The molecule has 0 aliphatic heterocycles. The molecule has 0 heterocycles. The fourth-order valence-electron chi connectivity index (χ4n) is 1.81. The Hall–Kier alpha value is -2.25. The number of rotatable bonds is 3. The van der Waals surface area contributed by atoms with Crippen molar-refractivity contribution in [3.8, 4) is 0 Å². The van der Waals surface area contributed by atoms with Gasteiger partial charge in [-0.1, -0.05) is 35.9 Å². The highest BCUT2D eigenvalue weighted by atomic mass is 35.5. The lowest BCUT2D eigenvalue weighted by Crippen LogP contribution is -2.22. The molecule has 0 saturated heterocycles. The van der Waals surface area contributed by atoms with Gasteiger partial charge in [0.2, 0.25) is 5.96 Å². The predicted octanol–water partition coefficient (Wildman–Crippen LogP) is 3.81. The van der Waals surface area contributed by atoms with Crippen molar-refractivity contribution < 1.29 is 13.2 Å². The number of guanidine groups is 1. The third kappa shape index (κ3) is 5.14. The topological polar surface area (TPSA) is 76.8 Å². The van der Waals surface area contributed by atoms with Crippen LogP contribution in [0.1, 0.15) is 16.7 Å². The number of benzene rings is 2. The Morgan fingerprint density at radius 2 is 1.29 bits per heavy atom. The highest BCUT2D eigenvalue weighted by Gasteiger charge is 2.30. The van der Waals surface area contributed by atoms with Crippen LogP contribution in [-0.2, 0) is 6.18 Å². The fraction of sp³-hybridized carbons (Fsp3) is 0.0667. The molecular formula is C15H13Cl2F3N4. The van der Waals surface area contributed by atoms with Gasteiger partial charge in [-0.3, -0.25) is 0 Å². The number of hydrogen-bond donors (Lipinski definition) is 2. The molecule has 2 aromatic rings. The first-order chi connectivity index (χ1) is 10.8. The molecule has 0 spiro atoms. The molecule has 2 aromatic carbocycles. The van der Waals surface area contributed by atoms with E-state index in [2.05, 4.69) is 10.2 Å². The summed E-state index contributed by atoms with van der Waals surface area (Å²) in [5.74, 6) is -0.261. The largest absolute Gasteiger partial charge is 0.416 e. The lowest BCUT2D eigenvalue weighted by atomic mass is 10.0. The number of nitrogens with zero attached hydrogens (tertiary/aromatic N) is 2. The van der Waals surface area contributed by atoms with Gasteiger partial charge in [0.1, 0.15) is 5.71 Å². The van der Waals surface area contributed by atoms with Gasteiger partial charge in [-0.25, -0.2) is 0 Å². The van der Waals surface area contributed by atoms with Crippen LogP contribution in [0, 0.1) is 0 Å². The molecule has 24 heavy (non-hydrogen) atoms. The Morgan fingerprint density at radius 1 is 0.833 bits per heavy atom. The minimum absolute atomic E-state index is 0. The maximum atomic E-state index is 12.6. The Balaban J connectivity index is 0.00000288. The fourth-order valence-corrected chi connectivity index (χ4v) is 1.94. The SMILES string of the molecule is Cl.NC(N)=N/N=C(\c1ccc(Cl)cc1)c1ccc(C(F)(F)F)cc1. The van der Waals surface area contributed by atoms with E-state index in [9.17, 15) is 13.2 Å². The summed E-state index contributed by atoms with van der Waals surface area (Å²) in [6.45, 7) is 0. The Morgan fingerprint density at radius 3 is 1.71 bits per heavy atom. The summed E-state index contributed by atoms with van der Waals surface area (Å²) in [5.41, 5.74) is 11.1. The molecule has 0 fully saturated rings. The van der Waals surface area contributed by atoms with Gasteiger partial charge in [0.05, 0.1) is 5.56 Å². The molecule has 0 amide bonds. The molecule has 0 bridgehead atoms. The van der Waals surface area contributed by atoms with Crippen molar-refractivity contribution in [3.05, 3.63) is 70.2 Å². The van der Waals surface area contributed by atoms with Gasteiger partial charge in [-0.2, -0.15) is 13.2 Å². The van der Waals surface area contributed by atoms with Crippen molar-refractivity contribution in [1.29, 1.82) is 0 Å². The molecule has 9 heteroatoms. The smallest absolute Gasteiger partial charge is 0.369 e. The lowest BCUT2D eigenvalue weighted by Gasteiger charge is -2.09. The van der Waals surface area contributed by atoms with E-state index in [1.165, 1.54) is 12.1 Å². The summed E-state index contributed by atoms with van der Waals surface area (Å²) in [6, 6.07) is 11.1. The maximum absolute atomic E-state index is 12.6. The first-order valence-corrected chi connectivity index (χ1v) is 6.75. The lowest BCUT2D eigenvalue weighted by molar-refractivity contribution is -0.137. The Bertz CT molecular complexity index is 735. The van der Waals surface area contributed by atoms with Crippen LogP contribution in [0.2, 0.25) is 5.02 Å². The normalized spacial score (nSPS) is 11.6. The number of alkyl halides is 3. The van der Waals surface area contributed by atoms with E-state index < -0.39 is 11.7 Å². The van der Waals surface area contributed by atoms with Crippen LogP contribution in [0.25, 0.3) is 0 Å². The van der Waals surface area contributed by atoms with E-state index in [1.54, 1.807) is 24.3 Å². The van der Waals surface area contributed by atoms with E-state index in [1.807, 2.05) is 0 Å². The van der Waals surface area contributed by atoms with Crippen LogP contribution in [0.4, 0.5) is 13.2 Å². The maximum Gasteiger partial charge on any atom is 0.416 e. The molecule has 0 aliphatic rings. The minimum Gasteiger partial charge on any atom is -0.369 e. The summed E-state index contributed by atoms with van der Waals surface area (Å²) < 4.78 is 37.9. The molecule has 128 valence electrons. The van der Waals surface area contributed by atoms with Gasteiger partial charge >= 0.3 is 6.18 Å². The van der Waals surface area contributed by atoms with Crippen LogP contribution in [0.5, 0.6) is 0 Å². The standard InChI is InChI=1S/C15H12ClF3N4.ClH/c16-12-7-3-10(4-8-12)13(22-23-14(20)21)9-1-5-11(6-2-9)15(17,18)19;/h1-8H,(H4,20,21,23);1H/b22-13-;. The molecule has 0 aromatic heterocycles. The third-order valence-electron chi connectivity index (χ3n) is 2.87. The van der Waals surface area contributed by atoms with Crippen molar-refractivity contribution in [2.45, 2.75) is 6.18 Å². The molecule has 2 rings (SSSR count). The summed E-state index contributed by atoms with van der Waals surface area (Å²) in [7, 11) is 0. The van der Waals surface area contributed by atoms with E-state index in [4.69, 9.17) is 23.1 Å². The first-order valence-electron chi connectivity index (χ1n) is 6.37. The van der Waals surface area contributed by atoms with Crippen molar-refractivity contribution in [2.24, 2.45) is 21.7 Å². The average Bonchev–Trinajstić information content (AvgIpc) is 2.48. The van der Waals surface area contributed by atoms with Gasteiger partial charge in [0.25, 0.3) is 0 Å². The zero-order chi connectivity index (χ0) is 17.0. The second kappa shape index (κ2) is 8.03. The number of hydrogen-bond acceptors (Lipinski definition) is 2. The molecule has 4 nitrogen and oxygen atoms in total. The second-order valence-corrected chi connectivity index (χ2v) is 4.99. The summed E-state index contributed by atoms with van der Waals surface area (Å²) in [6.07, 6.45) is -4.41. The van der Waals surface area contributed by atoms with Crippen molar-refractivity contribution in [3.63, 3.8) is 0 Å².